The lowest BCUT2D eigenvalue weighted by Crippen LogP contribution is -2.58. The second-order valence-corrected chi connectivity index (χ2v) is 11.2. The van der Waals surface area contributed by atoms with Crippen molar-refractivity contribution in [2.75, 3.05) is 13.1 Å². The SMILES string of the molecule is C=CC(NC(=O)[C@@H](N)[C@@H](C)O)C(=O)N[C@H](C(=O)NCC(=O)N[C@@H](CCCN=C(N)N)C(=O)N[C@@H](CC(C)C)C(N)=O)[C@@H](C)CC. The smallest absolute Gasteiger partial charge is 0.247 e. The minimum absolute atomic E-state index is 0.0479. The predicted molar refractivity (Wildman–Crippen MR) is 169 cm³/mol. The molecule has 6 amide bonds. The van der Waals surface area contributed by atoms with Gasteiger partial charge in [-0.2, -0.15) is 0 Å². The van der Waals surface area contributed by atoms with Crippen LogP contribution in [0, 0.1) is 11.8 Å². The Morgan fingerprint density at radius 1 is 0.867 bits per heavy atom. The molecular weight excluding hydrogens is 588 g/mol. The number of hydrogen-bond donors (Lipinski definition) is 10. The summed E-state index contributed by atoms with van der Waals surface area (Å²) in [5.41, 5.74) is 21.7. The van der Waals surface area contributed by atoms with Crippen molar-refractivity contribution in [3.05, 3.63) is 12.7 Å². The number of guanidine groups is 1. The quantitative estimate of drug-likeness (QED) is 0.0256. The molecule has 0 aliphatic rings. The van der Waals surface area contributed by atoms with Crippen LogP contribution in [0.4, 0.5) is 0 Å². The van der Waals surface area contributed by atoms with Gasteiger partial charge in [-0.1, -0.05) is 40.2 Å². The van der Waals surface area contributed by atoms with E-state index in [1.165, 1.54) is 6.92 Å². The highest BCUT2D eigenvalue weighted by Gasteiger charge is 2.31. The Morgan fingerprint density at radius 3 is 1.98 bits per heavy atom. The van der Waals surface area contributed by atoms with Crippen LogP contribution >= 0.6 is 0 Å². The zero-order valence-electron chi connectivity index (χ0n) is 26.8. The number of rotatable bonds is 21. The van der Waals surface area contributed by atoms with Crippen molar-refractivity contribution >= 4 is 41.4 Å². The standard InChI is InChI=1S/C28H52N10O7/c1-7-15(5)22(38-24(42)17(8-2)36-26(44)21(29)16(6)39)27(45)34-13-20(40)35-18(10-9-11-33-28(31)32)25(43)37-19(23(30)41)12-14(3)4/h8,14-19,21-22,39H,2,7,9-13,29H2,1,3-6H3,(H2,30,41)(H,34,45)(H,35,40)(H,36,44)(H,37,43)(H,38,42)(H4,31,32,33)/t15-,16+,17?,18-,19-,21-,22-/m0/s1. The van der Waals surface area contributed by atoms with Crippen molar-refractivity contribution in [1.29, 1.82) is 0 Å². The van der Waals surface area contributed by atoms with Crippen molar-refractivity contribution in [2.24, 2.45) is 39.8 Å². The number of carbonyl (C=O) groups excluding carboxylic acids is 6. The van der Waals surface area contributed by atoms with E-state index in [4.69, 9.17) is 22.9 Å². The molecule has 0 aromatic rings. The second-order valence-electron chi connectivity index (χ2n) is 11.2. The number of aliphatic hydroxyl groups is 1. The number of aliphatic imine (C=N–C) groups is 1. The summed E-state index contributed by atoms with van der Waals surface area (Å²) in [6.45, 7) is 11.7. The molecule has 45 heavy (non-hydrogen) atoms. The maximum atomic E-state index is 13.1. The minimum atomic E-state index is -1.29. The molecular formula is C28H52N10O7. The molecule has 17 heteroatoms. The minimum Gasteiger partial charge on any atom is -0.391 e. The Bertz CT molecular complexity index is 1060. The number of nitrogens with one attached hydrogen (secondary N) is 5. The molecule has 0 spiro atoms. The molecule has 0 rings (SSSR count). The van der Waals surface area contributed by atoms with Crippen LogP contribution in [-0.2, 0) is 28.8 Å². The first-order valence-electron chi connectivity index (χ1n) is 14.8. The average molecular weight is 641 g/mol. The highest BCUT2D eigenvalue weighted by molar-refractivity contribution is 5.96. The molecule has 0 aliphatic carbocycles. The van der Waals surface area contributed by atoms with Gasteiger partial charge in [0, 0.05) is 6.54 Å². The fourth-order valence-corrected chi connectivity index (χ4v) is 3.93. The van der Waals surface area contributed by atoms with E-state index < -0.39 is 84.2 Å². The summed E-state index contributed by atoms with van der Waals surface area (Å²) in [6, 6.07) is -5.72. The van der Waals surface area contributed by atoms with Crippen LogP contribution in [0.15, 0.2) is 17.6 Å². The molecule has 7 atom stereocenters. The lowest BCUT2D eigenvalue weighted by Gasteiger charge is -2.26. The third-order valence-corrected chi connectivity index (χ3v) is 6.82. The topological polar surface area (TPSA) is 299 Å². The lowest BCUT2D eigenvalue weighted by molar-refractivity contribution is -0.134. The van der Waals surface area contributed by atoms with Gasteiger partial charge in [-0.3, -0.25) is 33.8 Å². The van der Waals surface area contributed by atoms with Gasteiger partial charge in [0.2, 0.25) is 35.4 Å². The first-order valence-corrected chi connectivity index (χ1v) is 14.8. The fraction of sp³-hybridized carbons (Fsp3) is 0.679. The lowest BCUT2D eigenvalue weighted by atomic mass is 9.97. The Balaban J connectivity index is 5.57. The summed E-state index contributed by atoms with van der Waals surface area (Å²) < 4.78 is 0. The first-order chi connectivity index (χ1) is 20.9. The molecule has 0 aromatic carbocycles. The molecule has 14 N–H and O–H groups in total. The molecule has 17 nitrogen and oxygen atoms in total. The van der Waals surface area contributed by atoms with Gasteiger partial charge >= 0.3 is 0 Å². The van der Waals surface area contributed by atoms with Crippen LogP contribution in [0.2, 0.25) is 0 Å². The van der Waals surface area contributed by atoms with E-state index in [0.29, 0.717) is 12.8 Å². The maximum Gasteiger partial charge on any atom is 0.247 e. The van der Waals surface area contributed by atoms with E-state index in [0.717, 1.165) is 6.08 Å². The van der Waals surface area contributed by atoms with Crippen molar-refractivity contribution < 1.29 is 33.9 Å². The zero-order chi connectivity index (χ0) is 34.9. The molecule has 0 bridgehead atoms. The third kappa shape index (κ3) is 15.9. The van der Waals surface area contributed by atoms with Crippen LogP contribution in [0.3, 0.4) is 0 Å². The number of primary amides is 1. The second kappa shape index (κ2) is 20.7. The Morgan fingerprint density at radius 2 is 1.49 bits per heavy atom. The molecule has 0 aromatic heterocycles. The zero-order valence-corrected chi connectivity index (χ0v) is 26.8. The van der Waals surface area contributed by atoms with Gasteiger partial charge in [0.25, 0.3) is 0 Å². The molecule has 0 radical (unpaired) electrons. The van der Waals surface area contributed by atoms with E-state index in [2.05, 4.69) is 38.2 Å². The summed E-state index contributed by atoms with van der Waals surface area (Å²) in [6.07, 6.45) is 1.14. The molecule has 0 saturated heterocycles. The van der Waals surface area contributed by atoms with Gasteiger partial charge < -0.3 is 54.6 Å². The number of nitrogens with two attached hydrogens (primary N) is 4. The molecule has 256 valence electrons. The van der Waals surface area contributed by atoms with Gasteiger partial charge in [-0.15, -0.1) is 6.58 Å². The van der Waals surface area contributed by atoms with Crippen molar-refractivity contribution in [2.45, 2.75) is 96.6 Å². The highest BCUT2D eigenvalue weighted by atomic mass is 16.3. The molecule has 0 heterocycles. The van der Waals surface area contributed by atoms with Crippen LogP contribution < -0.4 is 49.5 Å². The number of amides is 6. The number of carbonyl (C=O) groups is 6. The molecule has 0 saturated carbocycles. The van der Waals surface area contributed by atoms with E-state index in [1.807, 2.05) is 13.8 Å². The highest BCUT2D eigenvalue weighted by Crippen LogP contribution is 2.09. The maximum absolute atomic E-state index is 13.1. The van der Waals surface area contributed by atoms with Crippen LogP contribution in [-0.4, -0.2) is 95.9 Å². The Kier molecular flexibility index (Phi) is 18.7. The van der Waals surface area contributed by atoms with E-state index in [-0.39, 0.29) is 31.3 Å². The number of aliphatic hydroxyl groups excluding tert-OH is 1. The average Bonchev–Trinajstić information content (AvgIpc) is 2.96. The van der Waals surface area contributed by atoms with Gasteiger partial charge in [0.1, 0.15) is 30.2 Å². The van der Waals surface area contributed by atoms with E-state index in [9.17, 15) is 33.9 Å². The monoisotopic (exact) mass is 640 g/mol. The summed E-state index contributed by atoms with van der Waals surface area (Å²) in [5.74, 6) is -4.83. The van der Waals surface area contributed by atoms with Crippen molar-refractivity contribution in [1.82, 2.24) is 26.6 Å². The molecule has 0 fully saturated rings. The number of nitrogens with zero attached hydrogens (tertiary/aromatic N) is 1. The van der Waals surface area contributed by atoms with E-state index in [1.54, 1.807) is 13.8 Å². The third-order valence-electron chi connectivity index (χ3n) is 6.82. The summed E-state index contributed by atoms with van der Waals surface area (Å²) in [4.78, 5) is 79.8. The fourth-order valence-electron chi connectivity index (χ4n) is 3.93. The number of hydrogen-bond acceptors (Lipinski definition) is 9. The van der Waals surface area contributed by atoms with Crippen LogP contribution in [0.5, 0.6) is 0 Å². The Hall–Kier alpha value is -4.25. The first kappa shape index (κ1) is 40.8. The van der Waals surface area contributed by atoms with Crippen LogP contribution in [0.1, 0.15) is 60.3 Å². The molecule has 0 aliphatic heterocycles. The van der Waals surface area contributed by atoms with Crippen molar-refractivity contribution in [3.63, 3.8) is 0 Å². The van der Waals surface area contributed by atoms with Crippen molar-refractivity contribution in [3.8, 4) is 0 Å². The van der Waals surface area contributed by atoms with Gasteiger partial charge in [-0.05, 0) is 38.0 Å². The summed E-state index contributed by atoms with van der Waals surface area (Å²) >= 11 is 0. The summed E-state index contributed by atoms with van der Waals surface area (Å²) in [7, 11) is 0. The van der Waals surface area contributed by atoms with Gasteiger partial charge in [0.15, 0.2) is 5.96 Å². The van der Waals surface area contributed by atoms with Gasteiger partial charge in [-0.25, -0.2) is 0 Å². The van der Waals surface area contributed by atoms with E-state index >= 15 is 0 Å². The Labute approximate surface area is 264 Å². The largest absolute Gasteiger partial charge is 0.391 e. The van der Waals surface area contributed by atoms with Crippen LogP contribution in [0.25, 0.3) is 0 Å². The normalized spacial score (nSPS) is 15.6. The van der Waals surface area contributed by atoms with Gasteiger partial charge in [0.05, 0.1) is 12.6 Å². The predicted octanol–water partition coefficient (Wildman–Crippen LogP) is -3.43. The molecule has 1 unspecified atom stereocenters. The summed E-state index contributed by atoms with van der Waals surface area (Å²) in [5, 5.41) is 22.0.